The van der Waals surface area contributed by atoms with Crippen LogP contribution in [0.2, 0.25) is 0 Å². The van der Waals surface area contributed by atoms with Crippen molar-refractivity contribution in [2.75, 3.05) is 26.4 Å². The van der Waals surface area contributed by atoms with Crippen LogP contribution in [0.25, 0.3) is 0 Å². The topological polar surface area (TPSA) is 112 Å². The van der Waals surface area contributed by atoms with E-state index in [1.165, 1.54) is 56.6 Å². The van der Waals surface area contributed by atoms with Crippen LogP contribution < -0.4 is 9.47 Å². The van der Waals surface area contributed by atoms with Gasteiger partial charge in [-0.1, -0.05) is 57.2 Å². The average molecular weight is 607 g/mol. The molecule has 0 radical (unpaired) electrons. The van der Waals surface area contributed by atoms with Gasteiger partial charge >= 0.3 is 11.9 Å². The minimum absolute atomic E-state index is 0.0223. The maximum absolute atomic E-state index is 11.9. The van der Waals surface area contributed by atoms with Gasteiger partial charge in [0.05, 0.1) is 37.6 Å². The van der Waals surface area contributed by atoms with Crippen LogP contribution >= 0.6 is 0 Å². The number of ether oxygens (including phenoxy) is 4. The van der Waals surface area contributed by atoms with Crippen LogP contribution in [0.3, 0.4) is 0 Å². The zero-order chi connectivity index (χ0) is 31.7. The maximum Gasteiger partial charge on any atom is 0.335 e. The van der Waals surface area contributed by atoms with Gasteiger partial charge in [-0.05, 0) is 85.8 Å². The summed E-state index contributed by atoms with van der Waals surface area (Å²) in [6, 6.07) is 15.9. The number of carbonyl (C=O) groups is 2. The highest BCUT2D eigenvalue weighted by molar-refractivity contribution is 5.88. The second kappa shape index (κ2) is 18.7. The van der Waals surface area contributed by atoms with E-state index in [-0.39, 0.29) is 30.3 Å². The van der Waals surface area contributed by atoms with E-state index in [0.717, 1.165) is 17.2 Å². The summed E-state index contributed by atoms with van der Waals surface area (Å²) in [6.07, 6.45) is 12.0. The van der Waals surface area contributed by atoms with Crippen molar-refractivity contribution in [3.8, 4) is 11.5 Å². The zero-order valence-corrected chi connectivity index (χ0v) is 25.7. The molecule has 1 saturated carbocycles. The third kappa shape index (κ3) is 11.7. The number of benzene rings is 2. The second-order valence-electron chi connectivity index (χ2n) is 11.4. The van der Waals surface area contributed by atoms with E-state index in [4.69, 9.17) is 29.2 Å². The Hall–Kier alpha value is -3.88. The SMILES string of the molecule is C=C(CO)C(=O)OCC(CCc1ccc(O/C=C\Oc2ccc(C3CCC(CCC)CC3)cc2)cc1)COC(=O)C(=C)CO. The van der Waals surface area contributed by atoms with E-state index in [1.54, 1.807) is 0 Å². The minimum Gasteiger partial charge on any atom is -0.462 e. The first-order valence-electron chi connectivity index (χ1n) is 15.4. The molecule has 0 saturated heterocycles. The number of aliphatic hydroxyl groups is 2. The standard InChI is InChI=1S/C36H46O8/c1-4-5-28-8-12-31(13-9-28)32-14-18-34(19-15-32)42-21-20-41-33-16-10-29(11-17-33)6-7-30(24-43-35(39)26(2)22-37)25-44-36(40)27(3)23-38/h10-11,14-21,28,30-31,37-38H,2-9,12-13,22-25H2,1H3/b21-20-. The van der Waals surface area contributed by atoms with E-state index in [2.05, 4.69) is 32.2 Å². The number of hydrogen-bond donors (Lipinski definition) is 2. The number of esters is 2. The van der Waals surface area contributed by atoms with Crippen LogP contribution in [-0.4, -0.2) is 48.6 Å². The molecule has 1 aliphatic carbocycles. The Morgan fingerprint density at radius 2 is 1.32 bits per heavy atom. The molecular formula is C36H46O8. The van der Waals surface area contributed by atoms with Gasteiger partial charge in [0, 0.05) is 5.92 Å². The Labute approximate surface area is 261 Å². The van der Waals surface area contributed by atoms with Gasteiger partial charge in [-0.15, -0.1) is 0 Å². The van der Waals surface area contributed by atoms with Crippen molar-refractivity contribution in [1.29, 1.82) is 0 Å². The molecule has 2 N–H and O–H groups in total. The number of hydrogen-bond acceptors (Lipinski definition) is 8. The molecule has 44 heavy (non-hydrogen) atoms. The fourth-order valence-electron chi connectivity index (χ4n) is 5.26. The number of carbonyl (C=O) groups excluding carboxylic acids is 2. The van der Waals surface area contributed by atoms with E-state index in [0.29, 0.717) is 24.5 Å². The summed E-state index contributed by atoms with van der Waals surface area (Å²) in [7, 11) is 0. The van der Waals surface area contributed by atoms with Crippen LogP contribution in [0, 0.1) is 11.8 Å². The summed E-state index contributed by atoms with van der Waals surface area (Å²) in [5.74, 6) is 1.22. The summed E-state index contributed by atoms with van der Waals surface area (Å²) in [5.41, 5.74) is 2.29. The van der Waals surface area contributed by atoms with E-state index in [1.807, 2.05) is 36.4 Å². The molecule has 2 aromatic rings. The Balaban J connectivity index is 1.43. The van der Waals surface area contributed by atoms with Gasteiger partial charge in [-0.3, -0.25) is 0 Å². The largest absolute Gasteiger partial charge is 0.462 e. The van der Waals surface area contributed by atoms with Crippen LogP contribution in [-0.2, 0) is 25.5 Å². The normalized spacial score (nSPS) is 16.5. The molecule has 8 nitrogen and oxygen atoms in total. The second-order valence-corrected chi connectivity index (χ2v) is 11.4. The lowest BCUT2D eigenvalue weighted by Gasteiger charge is -2.28. The molecule has 238 valence electrons. The van der Waals surface area contributed by atoms with Crippen LogP contribution in [0.15, 0.2) is 85.4 Å². The lowest BCUT2D eigenvalue weighted by molar-refractivity contribution is -0.144. The molecule has 2 aromatic carbocycles. The van der Waals surface area contributed by atoms with Crippen molar-refractivity contribution < 1.29 is 38.7 Å². The zero-order valence-electron chi connectivity index (χ0n) is 25.7. The predicted octanol–water partition coefficient (Wildman–Crippen LogP) is 6.42. The van der Waals surface area contributed by atoms with Gasteiger partial charge in [0.25, 0.3) is 0 Å². The molecule has 0 unspecified atom stereocenters. The fourth-order valence-corrected chi connectivity index (χ4v) is 5.26. The smallest absolute Gasteiger partial charge is 0.335 e. The lowest BCUT2D eigenvalue weighted by atomic mass is 9.77. The van der Waals surface area contributed by atoms with Gasteiger partial charge in [-0.25, -0.2) is 9.59 Å². The summed E-state index contributed by atoms with van der Waals surface area (Å²) in [6.45, 7) is 8.13. The molecule has 0 heterocycles. The van der Waals surface area contributed by atoms with Crippen molar-refractivity contribution in [2.45, 2.75) is 64.2 Å². The van der Waals surface area contributed by atoms with Gasteiger partial charge < -0.3 is 29.2 Å². The molecule has 0 aromatic heterocycles. The van der Waals surface area contributed by atoms with Crippen molar-refractivity contribution in [1.82, 2.24) is 0 Å². The monoisotopic (exact) mass is 606 g/mol. The Kier molecular flexibility index (Phi) is 14.7. The van der Waals surface area contributed by atoms with Gasteiger partial charge in [0.15, 0.2) is 0 Å². The summed E-state index contributed by atoms with van der Waals surface area (Å²) < 4.78 is 21.8. The first-order chi connectivity index (χ1) is 21.3. The summed E-state index contributed by atoms with van der Waals surface area (Å²) in [4.78, 5) is 23.8. The highest BCUT2D eigenvalue weighted by atomic mass is 16.5. The van der Waals surface area contributed by atoms with Crippen molar-refractivity contribution in [3.63, 3.8) is 0 Å². The highest BCUT2D eigenvalue weighted by Crippen LogP contribution is 2.37. The first-order valence-corrected chi connectivity index (χ1v) is 15.4. The molecule has 3 rings (SSSR count). The molecular weight excluding hydrogens is 560 g/mol. The number of aliphatic hydroxyl groups excluding tert-OH is 2. The lowest BCUT2D eigenvalue weighted by Crippen LogP contribution is -2.23. The molecule has 0 atom stereocenters. The van der Waals surface area contributed by atoms with Crippen LogP contribution in [0.4, 0.5) is 0 Å². The highest BCUT2D eigenvalue weighted by Gasteiger charge is 2.22. The minimum atomic E-state index is -0.709. The van der Waals surface area contributed by atoms with Gasteiger partial charge in [0.2, 0.25) is 0 Å². The van der Waals surface area contributed by atoms with Crippen molar-refractivity contribution in [2.24, 2.45) is 11.8 Å². The molecule has 8 heteroatoms. The van der Waals surface area contributed by atoms with E-state index >= 15 is 0 Å². The summed E-state index contributed by atoms with van der Waals surface area (Å²) in [5, 5.41) is 18.1. The molecule has 0 aliphatic heterocycles. The Morgan fingerprint density at radius 1 is 0.818 bits per heavy atom. The third-order valence-corrected chi connectivity index (χ3v) is 7.98. The Bertz CT molecular complexity index is 1190. The van der Waals surface area contributed by atoms with E-state index in [9.17, 15) is 9.59 Å². The number of aryl methyl sites for hydroxylation is 1. The number of rotatable bonds is 18. The van der Waals surface area contributed by atoms with Crippen LogP contribution in [0.5, 0.6) is 11.5 Å². The molecule has 1 fully saturated rings. The van der Waals surface area contributed by atoms with Gasteiger partial charge in [-0.2, -0.15) is 0 Å². The first kappa shape index (κ1) is 34.6. The van der Waals surface area contributed by atoms with Crippen LogP contribution in [0.1, 0.15) is 68.9 Å². The van der Waals surface area contributed by atoms with E-state index < -0.39 is 25.2 Å². The molecule has 1 aliphatic rings. The Morgan fingerprint density at radius 3 is 1.80 bits per heavy atom. The average Bonchev–Trinajstić information content (AvgIpc) is 3.06. The maximum atomic E-state index is 11.9. The fraction of sp³-hybridized carbons (Fsp3) is 0.444. The molecule has 0 bridgehead atoms. The van der Waals surface area contributed by atoms with Crippen molar-refractivity contribution >= 4 is 11.9 Å². The van der Waals surface area contributed by atoms with Crippen molar-refractivity contribution in [3.05, 3.63) is 96.5 Å². The third-order valence-electron chi connectivity index (χ3n) is 7.98. The van der Waals surface area contributed by atoms with Gasteiger partial charge in [0.1, 0.15) is 24.0 Å². The summed E-state index contributed by atoms with van der Waals surface area (Å²) >= 11 is 0. The quantitative estimate of drug-likeness (QED) is 0.114. The molecule has 0 amide bonds. The predicted molar refractivity (Wildman–Crippen MR) is 169 cm³/mol. The molecule has 0 spiro atoms.